The van der Waals surface area contributed by atoms with Gasteiger partial charge in [-0.2, -0.15) is 0 Å². The lowest BCUT2D eigenvalue weighted by Gasteiger charge is -2.32. The normalized spacial score (nSPS) is 24.0. The summed E-state index contributed by atoms with van der Waals surface area (Å²) in [5.41, 5.74) is 0.467. The van der Waals surface area contributed by atoms with Crippen molar-refractivity contribution in [1.82, 2.24) is 4.81 Å². The van der Waals surface area contributed by atoms with Crippen molar-refractivity contribution in [3.63, 3.8) is 0 Å². The van der Waals surface area contributed by atoms with E-state index in [1.807, 2.05) is 32.5 Å². The monoisotopic (exact) mass is 323 g/mol. The summed E-state index contributed by atoms with van der Waals surface area (Å²) >= 11 is 0. The van der Waals surface area contributed by atoms with Gasteiger partial charge in [0.15, 0.2) is 0 Å². The van der Waals surface area contributed by atoms with Crippen molar-refractivity contribution in [3.8, 4) is 0 Å². The van der Waals surface area contributed by atoms with Crippen LogP contribution in [0.25, 0.3) is 0 Å². The molecular formula is C15H27B2NO5. The number of ether oxygens (including phenoxy) is 1. The van der Waals surface area contributed by atoms with Gasteiger partial charge in [0.05, 0.1) is 17.8 Å². The van der Waals surface area contributed by atoms with Crippen LogP contribution in [0.3, 0.4) is 0 Å². The molecular weight excluding hydrogens is 296 g/mol. The molecule has 0 spiro atoms. The first-order valence-electron chi connectivity index (χ1n) is 8.26. The van der Waals surface area contributed by atoms with Crippen LogP contribution in [0.5, 0.6) is 0 Å². The van der Waals surface area contributed by atoms with Crippen molar-refractivity contribution in [1.29, 1.82) is 0 Å². The highest BCUT2D eigenvalue weighted by Gasteiger charge is 2.53. The van der Waals surface area contributed by atoms with Gasteiger partial charge in [0.25, 0.3) is 0 Å². The fraction of sp³-hybridized carbons (Fsp3) is 0.800. The lowest BCUT2D eigenvalue weighted by Crippen LogP contribution is -2.45. The third-order valence-electron chi connectivity index (χ3n) is 5.01. The number of hydrogen-bond donors (Lipinski definition) is 1. The molecule has 0 bridgehead atoms. The van der Waals surface area contributed by atoms with Gasteiger partial charge >= 0.3 is 20.1 Å². The number of carbonyl (C=O) groups is 1. The molecule has 1 saturated heterocycles. The first-order valence-corrected chi connectivity index (χ1v) is 8.26. The van der Waals surface area contributed by atoms with Crippen LogP contribution in [0.1, 0.15) is 41.0 Å². The van der Waals surface area contributed by atoms with Crippen molar-refractivity contribution >= 4 is 20.1 Å². The predicted molar refractivity (Wildman–Crippen MR) is 89.8 cm³/mol. The minimum absolute atomic E-state index is 0.313. The second-order valence-electron chi connectivity index (χ2n) is 7.16. The van der Waals surface area contributed by atoms with Crippen LogP contribution in [0, 0.1) is 0 Å². The van der Waals surface area contributed by atoms with Crippen LogP contribution in [-0.2, 0) is 18.8 Å². The lowest BCUT2D eigenvalue weighted by molar-refractivity contribution is -0.138. The second-order valence-corrected chi connectivity index (χ2v) is 7.16. The summed E-state index contributed by atoms with van der Waals surface area (Å²) in [6.45, 7) is 12.7. The number of rotatable bonds is 4. The molecule has 8 heteroatoms. The molecule has 0 radical (unpaired) electrons. The summed E-state index contributed by atoms with van der Waals surface area (Å²) in [7, 11) is -1.16. The maximum absolute atomic E-state index is 12.4. The number of carbonyl (C=O) groups excluding carboxylic acids is 1. The molecule has 2 aliphatic rings. The SMILES string of the molecule is CCOC(=O)C1=C(B2OC(C)(C)C(C)(C)O2)CCN(B(C)O)C1. The molecule has 0 saturated carbocycles. The van der Waals surface area contributed by atoms with Gasteiger partial charge in [0.2, 0.25) is 0 Å². The Hall–Kier alpha value is -0.820. The maximum atomic E-state index is 12.4. The Kier molecular flexibility index (Phi) is 5.30. The maximum Gasteiger partial charge on any atom is 0.491 e. The summed E-state index contributed by atoms with van der Waals surface area (Å²) < 4.78 is 17.4. The lowest BCUT2D eigenvalue weighted by atomic mass is 9.69. The Morgan fingerprint density at radius 3 is 2.39 bits per heavy atom. The van der Waals surface area contributed by atoms with Gasteiger partial charge in [-0.3, -0.25) is 0 Å². The van der Waals surface area contributed by atoms with Gasteiger partial charge < -0.3 is 23.9 Å². The van der Waals surface area contributed by atoms with E-state index in [2.05, 4.69) is 0 Å². The van der Waals surface area contributed by atoms with E-state index in [1.54, 1.807) is 13.7 Å². The summed E-state index contributed by atoms with van der Waals surface area (Å²) in [5.74, 6) is -0.359. The highest BCUT2D eigenvalue weighted by molar-refractivity contribution is 6.55. The quantitative estimate of drug-likeness (QED) is 0.621. The van der Waals surface area contributed by atoms with Gasteiger partial charge in [0, 0.05) is 12.1 Å². The molecule has 2 rings (SSSR count). The van der Waals surface area contributed by atoms with Crippen molar-refractivity contribution in [2.45, 2.75) is 59.1 Å². The van der Waals surface area contributed by atoms with Gasteiger partial charge in [0.1, 0.15) is 0 Å². The summed E-state index contributed by atoms with van der Waals surface area (Å²) in [6, 6.07) is 0. The molecule has 6 nitrogen and oxygen atoms in total. The topological polar surface area (TPSA) is 68.2 Å². The van der Waals surface area contributed by atoms with Gasteiger partial charge in [-0.25, -0.2) is 4.79 Å². The van der Waals surface area contributed by atoms with E-state index in [0.717, 1.165) is 5.47 Å². The van der Waals surface area contributed by atoms with E-state index in [-0.39, 0.29) is 5.97 Å². The molecule has 1 fully saturated rings. The molecule has 2 aliphatic heterocycles. The Labute approximate surface area is 139 Å². The first kappa shape index (κ1) is 18.5. The molecule has 0 atom stereocenters. The third-order valence-corrected chi connectivity index (χ3v) is 5.01. The van der Waals surface area contributed by atoms with E-state index < -0.39 is 25.4 Å². The summed E-state index contributed by atoms with van der Waals surface area (Å²) in [6.07, 6.45) is 0.607. The second kappa shape index (κ2) is 6.59. The van der Waals surface area contributed by atoms with Crippen LogP contribution in [0.4, 0.5) is 0 Å². The fourth-order valence-electron chi connectivity index (χ4n) is 2.78. The molecule has 23 heavy (non-hydrogen) atoms. The number of hydrogen-bond acceptors (Lipinski definition) is 6. The van der Waals surface area contributed by atoms with E-state index in [1.165, 1.54) is 0 Å². The fourth-order valence-corrected chi connectivity index (χ4v) is 2.78. The number of esters is 1. The van der Waals surface area contributed by atoms with Crippen LogP contribution in [-0.4, -0.2) is 60.9 Å². The van der Waals surface area contributed by atoms with Crippen LogP contribution < -0.4 is 0 Å². The molecule has 128 valence electrons. The zero-order valence-corrected chi connectivity index (χ0v) is 15.0. The van der Waals surface area contributed by atoms with Crippen LogP contribution >= 0.6 is 0 Å². The zero-order valence-electron chi connectivity index (χ0n) is 15.0. The van der Waals surface area contributed by atoms with Crippen LogP contribution in [0.2, 0.25) is 6.82 Å². The van der Waals surface area contributed by atoms with Crippen LogP contribution in [0.15, 0.2) is 11.0 Å². The molecule has 0 aromatic carbocycles. The summed E-state index contributed by atoms with van der Waals surface area (Å²) in [5, 5.41) is 9.81. The largest absolute Gasteiger partial charge is 0.491 e. The Morgan fingerprint density at radius 1 is 1.35 bits per heavy atom. The molecule has 2 heterocycles. The number of nitrogens with zero attached hydrogens (tertiary/aromatic N) is 1. The highest BCUT2D eigenvalue weighted by Crippen LogP contribution is 2.40. The minimum atomic E-state index is -0.612. The van der Waals surface area contributed by atoms with Crippen molar-refractivity contribution in [3.05, 3.63) is 11.0 Å². The standard InChI is InChI=1S/C15H27B2NO5/c1-7-21-13(19)11-10-18(16(6)20)9-8-12(11)17-22-14(2,3)15(4,5)23-17/h20H,7-10H2,1-6H3. The Morgan fingerprint density at radius 2 is 1.91 bits per heavy atom. The smallest absolute Gasteiger partial charge is 0.463 e. The summed E-state index contributed by atoms with van der Waals surface area (Å²) in [4.78, 5) is 14.2. The van der Waals surface area contributed by atoms with Crippen molar-refractivity contribution in [2.24, 2.45) is 0 Å². The zero-order chi connectivity index (χ0) is 17.4. The molecule has 0 aromatic rings. The Bertz CT molecular complexity index is 488. The minimum Gasteiger partial charge on any atom is -0.463 e. The van der Waals surface area contributed by atoms with Crippen molar-refractivity contribution < 1.29 is 23.9 Å². The predicted octanol–water partition coefficient (Wildman–Crippen LogP) is 1.29. The third kappa shape index (κ3) is 3.65. The van der Waals surface area contributed by atoms with Gasteiger partial charge in [-0.05, 0) is 59.9 Å². The van der Waals surface area contributed by atoms with Crippen molar-refractivity contribution in [2.75, 3.05) is 19.7 Å². The van der Waals surface area contributed by atoms with E-state index >= 15 is 0 Å². The molecule has 0 aromatic heterocycles. The first-order chi connectivity index (χ1) is 10.6. The Balaban J connectivity index is 2.32. The highest BCUT2D eigenvalue weighted by atomic mass is 16.7. The average molecular weight is 323 g/mol. The van der Waals surface area contributed by atoms with Gasteiger partial charge in [-0.1, -0.05) is 0 Å². The molecule has 0 amide bonds. The van der Waals surface area contributed by atoms with E-state index in [4.69, 9.17) is 14.0 Å². The van der Waals surface area contributed by atoms with Gasteiger partial charge in [-0.15, -0.1) is 0 Å². The molecule has 0 aliphatic carbocycles. The van der Waals surface area contributed by atoms with E-state index in [0.29, 0.717) is 31.7 Å². The van der Waals surface area contributed by atoms with E-state index in [9.17, 15) is 9.82 Å². The molecule has 0 unspecified atom stereocenters. The molecule has 1 N–H and O–H groups in total. The average Bonchev–Trinajstić information content (AvgIpc) is 2.67.